The molecule has 2 aromatic carbocycles. The molecule has 1 aliphatic heterocycles. The van der Waals surface area contributed by atoms with Crippen LogP contribution in [0.5, 0.6) is 0 Å². The SMILES string of the molecule is COC(=O)c1cc2c(cc1C)SC[C@H](NC(=O)OC(C)(C)C)C(=O)N2Cc1ccc(Cl)cc1. The van der Waals surface area contributed by atoms with Crippen LogP contribution in [0.1, 0.15) is 42.3 Å². The lowest BCUT2D eigenvalue weighted by Gasteiger charge is -2.27. The van der Waals surface area contributed by atoms with Gasteiger partial charge in [-0.05, 0) is 63.1 Å². The van der Waals surface area contributed by atoms with Gasteiger partial charge in [-0.15, -0.1) is 11.8 Å². The molecular formula is C24H27ClN2O5S. The van der Waals surface area contributed by atoms with Crippen LogP contribution in [0.4, 0.5) is 10.5 Å². The van der Waals surface area contributed by atoms with Gasteiger partial charge in [0.25, 0.3) is 5.91 Å². The highest BCUT2D eigenvalue weighted by molar-refractivity contribution is 7.99. The lowest BCUT2D eigenvalue weighted by Crippen LogP contribution is -2.50. The predicted octanol–water partition coefficient (Wildman–Crippen LogP) is 4.97. The molecule has 3 rings (SSSR count). The highest BCUT2D eigenvalue weighted by Gasteiger charge is 2.34. The summed E-state index contributed by atoms with van der Waals surface area (Å²) in [7, 11) is 1.32. The normalized spacial score (nSPS) is 16.0. The third kappa shape index (κ3) is 6.21. The van der Waals surface area contributed by atoms with Crippen molar-refractivity contribution < 1.29 is 23.9 Å². The van der Waals surface area contributed by atoms with Crippen LogP contribution in [-0.4, -0.2) is 42.5 Å². The summed E-state index contributed by atoms with van der Waals surface area (Å²) in [6, 6.07) is 9.89. The lowest BCUT2D eigenvalue weighted by molar-refractivity contribution is -0.120. The number of rotatable bonds is 4. The van der Waals surface area contributed by atoms with Gasteiger partial charge in [-0.25, -0.2) is 9.59 Å². The number of thioether (sulfide) groups is 1. The summed E-state index contributed by atoms with van der Waals surface area (Å²) in [4.78, 5) is 40.7. The number of nitrogens with zero attached hydrogens (tertiary/aromatic N) is 1. The Balaban J connectivity index is 2.01. The molecule has 1 aliphatic rings. The van der Waals surface area contributed by atoms with Crippen LogP contribution in [-0.2, 0) is 20.8 Å². The molecule has 0 bridgehead atoms. The summed E-state index contributed by atoms with van der Waals surface area (Å²) in [6.45, 7) is 7.33. The van der Waals surface area contributed by atoms with Gasteiger partial charge in [0.2, 0.25) is 0 Å². The Labute approximate surface area is 202 Å². The number of aryl methyl sites for hydroxylation is 1. The summed E-state index contributed by atoms with van der Waals surface area (Å²) in [5, 5.41) is 3.29. The Bertz CT molecular complexity index is 1070. The van der Waals surface area contributed by atoms with Gasteiger partial charge >= 0.3 is 12.1 Å². The van der Waals surface area contributed by atoms with E-state index in [1.807, 2.05) is 25.1 Å². The Hall–Kier alpha value is -2.71. The highest BCUT2D eigenvalue weighted by Crippen LogP contribution is 2.38. The molecule has 7 nitrogen and oxygen atoms in total. The standard InChI is InChI=1S/C24H27ClN2O5S/c1-14-10-20-19(11-17(14)22(29)31-5)27(12-15-6-8-16(25)9-7-15)21(28)18(13-33-20)26-23(30)32-24(2,3)4/h6-11,18H,12-13H2,1-5H3,(H,26,30)/t18-/m0/s1. The third-order valence-corrected chi connectivity index (χ3v) is 6.31. The first-order chi connectivity index (χ1) is 15.5. The number of nitrogens with one attached hydrogen (secondary N) is 1. The maximum absolute atomic E-state index is 13.6. The first-order valence-electron chi connectivity index (χ1n) is 10.4. The molecule has 1 N–H and O–H groups in total. The highest BCUT2D eigenvalue weighted by atomic mass is 35.5. The topological polar surface area (TPSA) is 84.9 Å². The molecule has 0 unspecified atom stereocenters. The van der Waals surface area contributed by atoms with Gasteiger partial charge in [-0.1, -0.05) is 23.7 Å². The van der Waals surface area contributed by atoms with E-state index in [-0.39, 0.29) is 12.5 Å². The minimum Gasteiger partial charge on any atom is -0.465 e. The molecule has 0 spiro atoms. The minimum absolute atomic E-state index is 0.236. The number of ether oxygens (including phenoxy) is 2. The molecule has 2 aromatic rings. The van der Waals surface area contributed by atoms with Crippen LogP contribution in [0.2, 0.25) is 5.02 Å². The van der Waals surface area contributed by atoms with Crippen LogP contribution < -0.4 is 10.2 Å². The molecule has 0 radical (unpaired) electrons. The predicted molar refractivity (Wildman–Crippen MR) is 129 cm³/mol. The van der Waals surface area contributed by atoms with Crippen molar-refractivity contribution in [2.45, 2.75) is 50.8 Å². The van der Waals surface area contributed by atoms with E-state index in [2.05, 4.69) is 5.32 Å². The fourth-order valence-corrected chi connectivity index (χ4v) is 4.64. The van der Waals surface area contributed by atoms with E-state index < -0.39 is 23.7 Å². The van der Waals surface area contributed by atoms with E-state index in [1.165, 1.54) is 18.9 Å². The zero-order valence-corrected chi connectivity index (χ0v) is 20.8. The fraction of sp³-hybridized carbons (Fsp3) is 0.375. The van der Waals surface area contributed by atoms with Crippen LogP contribution in [0.3, 0.4) is 0 Å². The summed E-state index contributed by atoms with van der Waals surface area (Å²) in [6.07, 6.45) is -0.662. The van der Waals surface area contributed by atoms with E-state index in [4.69, 9.17) is 21.1 Å². The largest absolute Gasteiger partial charge is 0.465 e. The van der Waals surface area contributed by atoms with E-state index in [9.17, 15) is 14.4 Å². The van der Waals surface area contributed by atoms with Crippen LogP contribution in [0.15, 0.2) is 41.3 Å². The van der Waals surface area contributed by atoms with Crippen LogP contribution >= 0.6 is 23.4 Å². The lowest BCUT2D eigenvalue weighted by atomic mass is 10.1. The van der Waals surface area contributed by atoms with Gasteiger partial charge < -0.3 is 19.7 Å². The zero-order valence-electron chi connectivity index (χ0n) is 19.2. The van der Waals surface area contributed by atoms with Crippen molar-refractivity contribution in [3.8, 4) is 0 Å². The monoisotopic (exact) mass is 490 g/mol. The second kappa shape index (κ2) is 10.1. The van der Waals surface area contributed by atoms with Crippen molar-refractivity contribution in [2.24, 2.45) is 0 Å². The second-order valence-electron chi connectivity index (χ2n) is 8.69. The van der Waals surface area contributed by atoms with Gasteiger partial charge in [-0.2, -0.15) is 0 Å². The smallest absolute Gasteiger partial charge is 0.408 e. The number of amides is 2. The van der Waals surface area contributed by atoms with Crippen LogP contribution in [0.25, 0.3) is 0 Å². The van der Waals surface area contributed by atoms with Gasteiger partial charge in [0, 0.05) is 15.7 Å². The quantitative estimate of drug-likeness (QED) is 0.609. The van der Waals surface area contributed by atoms with Crippen molar-refractivity contribution >= 4 is 47.0 Å². The molecule has 33 heavy (non-hydrogen) atoms. The molecule has 0 fully saturated rings. The van der Waals surface area contributed by atoms with Crippen molar-refractivity contribution in [1.82, 2.24) is 5.32 Å². The first-order valence-corrected chi connectivity index (χ1v) is 11.8. The Kier molecular flexibility index (Phi) is 7.59. The fourth-order valence-electron chi connectivity index (χ4n) is 3.37. The maximum Gasteiger partial charge on any atom is 0.408 e. The molecule has 0 aliphatic carbocycles. The number of halogens is 1. The first kappa shape index (κ1) is 24.9. The van der Waals surface area contributed by atoms with E-state index in [0.717, 1.165) is 16.0 Å². The summed E-state index contributed by atoms with van der Waals surface area (Å²) >= 11 is 7.45. The molecule has 0 saturated carbocycles. The Morgan fingerprint density at radius 1 is 1.21 bits per heavy atom. The van der Waals surface area contributed by atoms with Crippen LogP contribution in [0, 0.1) is 6.92 Å². The number of anilines is 1. The number of alkyl carbamates (subject to hydrolysis) is 1. The second-order valence-corrected chi connectivity index (χ2v) is 10.2. The van der Waals surface area contributed by atoms with Crippen molar-refractivity contribution in [3.63, 3.8) is 0 Å². The average molecular weight is 491 g/mol. The number of hydrogen-bond acceptors (Lipinski definition) is 6. The van der Waals surface area contributed by atoms with Crippen molar-refractivity contribution in [3.05, 3.63) is 58.1 Å². The Morgan fingerprint density at radius 2 is 1.88 bits per heavy atom. The van der Waals surface area contributed by atoms with Gasteiger partial charge in [-0.3, -0.25) is 4.79 Å². The van der Waals surface area contributed by atoms with Crippen molar-refractivity contribution in [2.75, 3.05) is 17.8 Å². The van der Waals surface area contributed by atoms with Gasteiger partial charge in [0.05, 0.1) is 24.9 Å². The molecule has 0 aromatic heterocycles. The summed E-state index contributed by atoms with van der Waals surface area (Å²) < 4.78 is 10.3. The Morgan fingerprint density at radius 3 is 2.48 bits per heavy atom. The molecule has 176 valence electrons. The van der Waals surface area contributed by atoms with Crippen molar-refractivity contribution in [1.29, 1.82) is 0 Å². The minimum atomic E-state index is -0.813. The number of carbonyl (C=O) groups is 3. The number of esters is 1. The van der Waals surface area contributed by atoms with E-state index >= 15 is 0 Å². The molecule has 9 heteroatoms. The molecular weight excluding hydrogens is 464 g/mol. The molecule has 2 amide bonds. The third-order valence-electron chi connectivity index (χ3n) is 4.92. The zero-order chi connectivity index (χ0) is 24.3. The number of benzene rings is 2. The van der Waals surface area contributed by atoms with Gasteiger partial charge in [0.15, 0.2) is 0 Å². The summed E-state index contributed by atoms with van der Waals surface area (Å²) in [5.41, 5.74) is 1.86. The molecule has 0 saturated heterocycles. The number of fused-ring (bicyclic) bond motifs is 1. The number of carbonyl (C=O) groups excluding carboxylic acids is 3. The molecule has 1 heterocycles. The van der Waals surface area contributed by atoms with E-state index in [1.54, 1.807) is 43.9 Å². The average Bonchev–Trinajstić information content (AvgIpc) is 2.85. The molecule has 1 atom stereocenters. The maximum atomic E-state index is 13.6. The number of methoxy groups -OCH3 is 1. The van der Waals surface area contributed by atoms with Gasteiger partial charge in [0.1, 0.15) is 11.6 Å². The summed E-state index contributed by atoms with van der Waals surface area (Å²) in [5.74, 6) is -0.465. The number of hydrogen-bond donors (Lipinski definition) is 1. The van der Waals surface area contributed by atoms with E-state index in [0.29, 0.717) is 22.0 Å².